The SMILES string of the molecule is Fc1ccccc1CNc1nc(C(F)(F)F)nc2c(F)cccc12. The quantitative estimate of drug-likeness (QED) is 0.712. The van der Waals surface area contributed by atoms with Crippen molar-refractivity contribution in [1.29, 1.82) is 0 Å². The van der Waals surface area contributed by atoms with E-state index in [9.17, 15) is 22.0 Å². The number of nitrogens with one attached hydrogen (secondary N) is 1. The van der Waals surface area contributed by atoms with E-state index in [2.05, 4.69) is 15.3 Å². The number of anilines is 1. The molecule has 0 spiro atoms. The Morgan fingerprint density at radius 1 is 0.875 bits per heavy atom. The molecule has 0 bridgehead atoms. The fraction of sp³-hybridized carbons (Fsp3) is 0.125. The molecule has 0 aliphatic rings. The lowest BCUT2D eigenvalue weighted by Crippen LogP contribution is -2.14. The largest absolute Gasteiger partial charge is 0.451 e. The minimum atomic E-state index is -4.83. The third-order valence-electron chi connectivity index (χ3n) is 3.33. The molecule has 0 atom stereocenters. The number of hydrogen-bond acceptors (Lipinski definition) is 3. The smallest absolute Gasteiger partial charge is 0.365 e. The van der Waals surface area contributed by atoms with E-state index in [4.69, 9.17) is 0 Å². The predicted molar refractivity (Wildman–Crippen MR) is 78.2 cm³/mol. The zero-order valence-electron chi connectivity index (χ0n) is 12.0. The lowest BCUT2D eigenvalue weighted by atomic mass is 10.2. The van der Waals surface area contributed by atoms with E-state index in [0.29, 0.717) is 0 Å². The average molecular weight is 339 g/mol. The van der Waals surface area contributed by atoms with Gasteiger partial charge in [0.1, 0.15) is 23.0 Å². The Morgan fingerprint density at radius 3 is 2.29 bits per heavy atom. The fourth-order valence-corrected chi connectivity index (χ4v) is 2.20. The van der Waals surface area contributed by atoms with Crippen LogP contribution in [0.3, 0.4) is 0 Å². The molecule has 1 heterocycles. The van der Waals surface area contributed by atoms with Crippen molar-refractivity contribution >= 4 is 16.7 Å². The first-order valence-corrected chi connectivity index (χ1v) is 6.87. The van der Waals surface area contributed by atoms with Crippen molar-refractivity contribution in [3.8, 4) is 0 Å². The van der Waals surface area contributed by atoms with Crippen LogP contribution in [0.25, 0.3) is 10.9 Å². The van der Waals surface area contributed by atoms with Crippen LogP contribution in [0.1, 0.15) is 11.4 Å². The van der Waals surface area contributed by atoms with E-state index in [1.807, 2.05) is 0 Å². The molecule has 0 saturated heterocycles. The molecule has 0 aliphatic carbocycles. The third-order valence-corrected chi connectivity index (χ3v) is 3.33. The van der Waals surface area contributed by atoms with Gasteiger partial charge in [0.2, 0.25) is 5.82 Å². The number of para-hydroxylation sites is 1. The van der Waals surface area contributed by atoms with Crippen molar-refractivity contribution in [2.45, 2.75) is 12.7 Å². The number of aromatic nitrogens is 2. The second-order valence-electron chi connectivity index (χ2n) is 4.97. The van der Waals surface area contributed by atoms with Crippen LogP contribution in [-0.4, -0.2) is 9.97 Å². The van der Waals surface area contributed by atoms with Gasteiger partial charge < -0.3 is 5.32 Å². The number of rotatable bonds is 3. The van der Waals surface area contributed by atoms with Crippen LogP contribution in [0.4, 0.5) is 27.8 Å². The summed E-state index contributed by atoms with van der Waals surface area (Å²) < 4.78 is 66.2. The molecule has 3 aromatic rings. The van der Waals surface area contributed by atoms with Gasteiger partial charge in [-0.2, -0.15) is 13.2 Å². The van der Waals surface area contributed by atoms with Gasteiger partial charge in [-0.1, -0.05) is 24.3 Å². The van der Waals surface area contributed by atoms with E-state index in [1.165, 1.54) is 30.3 Å². The van der Waals surface area contributed by atoms with Crippen molar-refractivity contribution < 1.29 is 22.0 Å². The van der Waals surface area contributed by atoms with Crippen LogP contribution in [0.5, 0.6) is 0 Å². The highest BCUT2D eigenvalue weighted by molar-refractivity contribution is 5.89. The molecule has 3 nitrogen and oxygen atoms in total. The number of alkyl halides is 3. The Bertz CT molecular complexity index is 893. The van der Waals surface area contributed by atoms with E-state index in [-0.39, 0.29) is 23.3 Å². The first-order valence-electron chi connectivity index (χ1n) is 6.87. The molecule has 0 fully saturated rings. The van der Waals surface area contributed by atoms with Gasteiger partial charge in [-0.05, 0) is 18.2 Å². The molecular formula is C16H10F5N3. The molecule has 0 unspecified atom stereocenters. The molecule has 0 saturated carbocycles. The maximum atomic E-state index is 13.8. The maximum Gasteiger partial charge on any atom is 0.451 e. The highest BCUT2D eigenvalue weighted by Gasteiger charge is 2.36. The van der Waals surface area contributed by atoms with Crippen LogP contribution in [-0.2, 0) is 12.7 Å². The number of benzene rings is 2. The summed E-state index contributed by atoms with van der Waals surface area (Å²) in [6.45, 7) is -0.105. The maximum absolute atomic E-state index is 13.8. The standard InChI is InChI=1S/C16H10F5N3/c17-11-6-2-1-4-9(11)8-22-14-10-5-3-7-12(18)13(10)23-15(24-14)16(19,20)21/h1-7H,8H2,(H,22,23,24). The van der Waals surface area contributed by atoms with Gasteiger partial charge in [0, 0.05) is 17.5 Å². The second-order valence-corrected chi connectivity index (χ2v) is 4.97. The monoisotopic (exact) mass is 339 g/mol. The predicted octanol–water partition coefficient (Wildman–Crippen LogP) is 4.54. The summed E-state index contributed by atoms with van der Waals surface area (Å²) in [5.74, 6) is -3.08. The van der Waals surface area contributed by atoms with Gasteiger partial charge in [-0.25, -0.2) is 18.7 Å². The highest BCUT2D eigenvalue weighted by Crippen LogP contribution is 2.31. The molecule has 1 aromatic heterocycles. The second kappa shape index (κ2) is 6.03. The van der Waals surface area contributed by atoms with Crippen LogP contribution in [0.2, 0.25) is 0 Å². The summed E-state index contributed by atoms with van der Waals surface area (Å²) in [5, 5.41) is 2.71. The van der Waals surface area contributed by atoms with Crippen LogP contribution in [0, 0.1) is 11.6 Å². The summed E-state index contributed by atoms with van der Waals surface area (Å²) in [6, 6.07) is 9.54. The first-order chi connectivity index (χ1) is 11.4. The average Bonchev–Trinajstić information content (AvgIpc) is 2.53. The van der Waals surface area contributed by atoms with Crippen molar-refractivity contribution in [2.24, 2.45) is 0 Å². The number of fused-ring (bicyclic) bond motifs is 1. The number of nitrogens with zero attached hydrogens (tertiary/aromatic N) is 2. The summed E-state index contributed by atoms with van der Waals surface area (Å²) in [5.41, 5.74) is -0.204. The fourth-order valence-electron chi connectivity index (χ4n) is 2.20. The summed E-state index contributed by atoms with van der Waals surface area (Å²) in [6.07, 6.45) is -4.83. The first kappa shape index (κ1) is 16.1. The Labute approximate surface area is 133 Å². The Balaban J connectivity index is 2.05. The van der Waals surface area contributed by atoms with Gasteiger partial charge in [-0.15, -0.1) is 0 Å². The molecule has 0 radical (unpaired) electrons. The Morgan fingerprint density at radius 2 is 1.58 bits per heavy atom. The van der Waals surface area contributed by atoms with Gasteiger partial charge in [0.15, 0.2) is 0 Å². The topological polar surface area (TPSA) is 37.8 Å². The highest BCUT2D eigenvalue weighted by atomic mass is 19.4. The van der Waals surface area contributed by atoms with Crippen LogP contribution in [0.15, 0.2) is 42.5 Å². The van der Waals surface area contributed by atoms with E-state index in [0.717, 1.165) is 6.07 Å². The summed E-state index contributed by atoms with van der Waals surface area (Å²) in [4.78, 5) is 6.68. The molecule has 0 amide bonds. The summed E-state index contributed by atoms with van der Waals surface area (Å²) in [7, 11) is 0. The van der Waals surface area contributed by atoms with Crippen LogP contribution >= 0.6 is 0 Å². The Hall–Kier alpha value is -2.77. The molecule has 3 rings (SSSR count). The summed E-state index contributed by atoms with van der Waals surface area (Å²) >= 11 is 0. The van der Waals surface area contributed by atoms with Crippen LogP contribution < -0.4 is 5.32 Å². The van der Waals surface area contributed by atoms with Crippen molar-refractivity contribution in [3.05, 3.63) is 65.5 Å². The van der Waals surface area contributed by atoms with Crippen molar-refractivity contribution in [3.63, 3.8) is 0 Å². The minimum Gasteiger partial charge on any atom is -0.365 e. The number of hydrogen-bond donors (Lipinski definition) is 1. The van der Waals surface area contributed by atoms with Crippen molar-refractivity contribution in [2.75, 3.05) is 5.32 Å². The van der Waals surface area contributed by atoms with Crippen molar-refractivity contribution in [1.82, 2.24) is 9.97 Å². The molecule has 124 valence electrons. The molecule has 2 aromatic carbocycles. The van der Waals surface area contributed by atoms with Gasteiger partial charge in [0.05, 0.1) is 0 Å². The van der Waals surface area contributed by atoms with Gasteiger partial charge >= 0.3 is 6.18 Å². The Kier molecular flexibility index (Phi) is 4.04. The zero-order valence-corrected chi connectivity index (χ0v) is 12.0. The molecule has 0 aliphatic heterocycles. The molecule has 24 heavy (non-hydrogen) atoms. The third kappa shape index (κ3) is 3.12. The van der Waals surface area contributed by atoms with E-state index in [1.54, 1.807) is 6.07 Å². The van der Waals surface area contributed by atoms with E-state index < -0.39 is 29.2 Å². The minimum absolute atomic E-state index is 0.0827. The lowest BCUT2D eigenvalue weighted by molar-refractivity contribution is -0.144. The van der Waals surface area contributed by atoms with E-state index >= 15 is 0 Å². The van der Waals surface area contributed by atoms with Gasteiger partial charge in [-0.3, -0.25) is 0 Å². The van der Waals surface area contributed by atoms with Gasteiger partial charge in [0.25, 0.3) is 0 Å². The molecule has 8 heteroatoms. The molecular weight excluding hydrogens is 329 g/mol. The zero-order chi connectivity index (χ0) is 17.3. The number of halogens is 5. The molecule has 1 N–H and O–H groups in total. The lowest BCUT2D eigenvalue weighted by Gasteiger charge is -2.13. The normalized spacial score (nSPS) is 11.7.